The van der Waals surface area contributed by atoms with Gasteiger partial charge in [0.15, 0.2) is 0 Å². The first-order valence-electron chi connectivity index (χ1n) is 40.0. The van der Waals surface area contributed by atoms with E-state index in [4.69, 9.17) is 24.5 Å². The summed E-state index contributed by atoms with van der Waals surface area (Å²) in [7, 11) is 0. The van der Waals surface area contributed by atoms with Crippen LogP contribution in [0.3, 0.4) is 0 Å². The van der Waals surface area contributed by atoms with Gasteiger partial charge in [0.25, 0.3) is 36.6 Å². The Morgan fingerprint density at radius 1 is 0.422 bits per heavy atom. The number of aliphatic hydroxyl groups is 3. The highest BCUT2D eigenvalue weighted by Gasteiger charge is 2.35. The van der Waals surface area contributed by atoms with E-state index >= 15 is 0 Å². The molecule has 0 aliphatic heterocycles. The maximum Gasteiger partial charge on any atom is 0.290 e. The van der Waals surface area contributed by atoms with E-state index in [0.717, 1.165) is 94.8 Å². The van der Waals surface area contributed by atoms with Crippen molar-refractivity contribution in [1.82, 2.24) is 120 Å². The second kappa shape index (κ2) is 41.9. The van der Waals surface area contributed by atoms with E-state index in [9.17, 15) is 38.9 Å². The third-order valence-electron chi connectivity index (χ3n) is 20.6. The van der Waals surface area contributed by atoms with Crippen molar-refractivity contribution in [2.45, 2.75) is 126 Å². The van der Waals surface area contributed by atoms with E-state index in [1.807, 2.05) is 98.8 Å². The van der Waals surface area contributed by atoms with Gasteiger partial charge in [0, 0.05) is 119 Å². The summed E-state index contributed by atoms with van der Waals surface area (Å²) in [4.78, 5) is 103. The number of halogens is 1. The number of pyridine rings is 4. The average Bonchev–Trinajstić information content (AvgIpc) is 1.65. The molecule has 0 aromatic carbocycles. The number of aromatic nitrogens is 24. The van der Waals surface area contributed by atoms with E-state index in [1.54, 1.807) is 102 Å². The normalized spacial score (nSPS) is 17.7. The maximum atomic E-state index is 13.4. The van der Waals surface area contributed by atoms with Crippen LogP contribution in [0.4, 0.5) is 27.1 Å². The predicted octanol–water partition coefficient (Wildman–Crippen LogP) is 12.7. The SMILES string of the molecule is CCOC1CC(n2cc(NC(=O)c3csc(-c4cn[nH]c4)n3)c(-c3ccc(F)cn3)n2)C1.O=C(Nc1cn([C@H]2CC[C@@H](O)C2)nc1-c1ccccn1)c1csc(-c2cn[nH]c2)n1.O=C(Nc1cn([C@H]2CC[C@H](O)C2)nc1-c1ccccn1)c1csc(-c2cn[nH]c2)n1.O=C(Nc1cn([C@H]2CC[C@H](O)C2)nc1-c1ccccn1)c1csc(-c2cn[nH]c2)n1.O=CO.O=CO. The number of thiazole rings is 4. The quantitative estimate of drug-likeness (QED) is 0.0280. The molecule has 4 saturated carbocycles. The van der Waals surface area contributed by atoms with Crippen molar-refractivity contribution in [3.8, 4) is 87.8 Å². The van der Waals surface area contributed by atoms with Gasteiger partial charge in [-0.3, -0.25) is 87.8 Å². The van der Waals surface area contributed by atoms with Gasteiger partial charge < -0.3 is 51.5 Å². The van der Waals surface area contributed by atoms with E-state index < -0.39 is 5.82 Å². The number of hydrogen-bond donors (Lipinski definition) is 13. The van der Waals surface area contributed by atoms with Gasteiger partial charge in [-0.1, -0.05) is 18.2 Å². The Kier molecular flexibility index (Phi) is 28.9. The second-order valence-electron chi connectivity index (χ2n) is 29.2. The number of carboxylic acid groups (broad SMARTS) is 2. The molecule has 16 aromatic rings. The molecule has 16 aromatic heterocycles. The number of aliphatic hydroxyl groups excluding tert-OH is 3. The van der Waals surface area contributed by atoms with Crippen LogP contribution >= 0.6 is 45.3 Å². The molecule has 40 nitrogen and oxygen atoms in total. The number of carbonyl (C=O) groups is 6. The summed E-state index contributed by atoms with van der Waals surface area (Å²) in [6, 6.07) is 20.0. The largest absolute Gasteiger partial charge is 0.483 e. The first kappa shape index (κ1) is 88.3. The minimum absolute atomic E-state index is 0.0973. The molecule has 0 saturated heterocycles. The van der Waals surface area contributed by atoms with Crippen LogP contribution < -0.4 is 21.3 Å². The zero-order chi connectivity index (χ0) is 89.0. The molecule has 20 rings (SSSR count). The van der Waals surface area contributed by atoms with Gasteiger partial charge in [0.1, 0.15) is 71.4 Å². The first-order chi connectivity index (χ1) is 62.4. The lowest BCUT2D eigenvalue weighted by Gasteiger charge is -2.34. The number of ether oxygens (including phenoxy) is 1. The van der Waals surface area contributed by atoms with Crippen LogP contribution in [-0.4, -0.2) is 213 Å². The number of carbonyl (C=O) groups excluding carboxylic acids is 4. The summed E-state index contributed by atoms with van der Waals surface area (Å²) in [5, 5.41) is 110. The van der Waals surface area contributed by atoms with Crippen molar-refractivity contribution in [2.24, 2.45) is 0 Å². The molecule has 4 aliphatic carbocycles. The molecule has 0 bridgehead atoms. The summed E-state index contributed by atoms with van der Waals surface area (Å²) in [6.45, 7) is 2.15. The lowest BCUT2D eigenvalue weighted by atomic mass is 9.89. The smallest absolute Gasteiger partial charge is 0.290 e. The number of nitrogens with one attached hydrogen (secondary N) is 8. The van der Waals surface area contributed by atoms with Gasteiger partial charge in [-0.2, -0.15) is 40.8 Å². The molecule has 0 unspecified atom stereocenters. The molecule has 128 heavy (non-hydrogen) atoms. The van der Waals surface area contributed by atoms with E-state index in [-0.39, 0.29) is 90.9 Å². The zero-order valence-electron chi connectivity index (χ0n) is 67.7. The van der Waals surface area contributed by atoms with Gasteiger partial charge in [-0.05, 0) is 126 Å². The number of nitrogens with zero attached hydrogens (tertiary/aromatic N) is 20. The number of rotatable bonds is 22. The molecular weight excluding hydrogens is 1730 g/mol. The highest BCUT2D eigenvalue weighted by Crippen LogP contribution is 2.41. The van der Waals surface area contributed by atoms with Crippen LogP contribution in [0.15, 0.2) is 187 Å². The molecule has 656 valence electrons. The minimum Gasteiger partial charge on any atom is -0.483 e. The Labute approximate surface area is 741 Å². The highest BCUT2D eigenvalue weighted by molar-refractivity contribution is 7.14. The topological polar surface area (TPSA) is 550 Å². The standard InChI is InChI=1S/C21H20FN7O2S.3C20H19N7O2S.2CH2O2/c1-2-31-15-5-14(6-15)29-10-17(19(28-29)16-4-3-13(22)9-23-16)26-20(30)18-11-32-21(27-18)12-7-24-25-8-12;3*28-14-5-4-13(7-14)27-10-16(18(26-27)15-3-1-2-6-21-15)24-19(29)17-11-30-20(25-17)12-8-22-23-9-12;2*2-1-3/h3-4,7-11,14-15H,2,5-6H2,1H3,(H,24,25)(H,26,30);3*1-3,6,8-11,13-14,28H,4-5,7H2,(H,22,23)(H,24,29);2*1H,(H,2,3)/t;13-,14+;2*13-,14-;;/m.000../s1. The van der Waals surface area contributed by atoms with Crippen LogP contribution in [0.5, 0.6) is 0 Å². The molecule has 0 radical (unpaired) electrons. The summed E-state index contributed by atoms with van der Waals surface area (Å²) in [5.74, 6) is -1.75. The first-order valence-corrected chi connectivity index (χ1v) is 43.6. The van der Waals surface area contributed by atoms with Crippen LogP contribution in [0.25, 0.3) is 87.8 Å². The number of aromatic amines is 4. The van der Waals surface area contributed by atoms with Crippen molar-refractivity contribution in [3.05, 3.63) is 216 Å². The van der Waals surface area contributed by atoms with Crippen molar-refractivity contribution < 1.29 is 63.4 Å². The van der Waals surface area contributed by atoms with Crippen LogP contribution in [-0.2, 0) is 14.3 Å². The fourth-order valence-electron chi connectivity index (χ4n) is 14.4. The average molecular weight is 1810 g/mol. The summed E-state index contributed by atoms with van der Waals surface area (Å²) in [5.41, 5.74) is 11.5. The maximum absolute atomic E-state index is 13.4. The van der Waals surface area contributed by atoms with Gasteiger partial charge in [0.2, 0.25) is 0 Å². The van der Waals surface area contributed by atoms with Crippen LogP contribution in [0.1, 0.15) is 144 Å². The summed E-state index contributed by atoms with van der Waals surface area (Å²) in [6.07, 6.45) is 34.7. The molecular formula is C83H81FN28O12S4. The van der Waals surface area contributed by atoms with Crippen molar-refractivity contribution in [2.75, 3.05) is 27.9 Å². The predicted molar refractivity (Wildman–Crippen MR) is 470 cm³/mol. The number of hydrogen-bond acceptors (Lipinski definition) is 30. The van der Waals surface area contributed by atoms with Gasteiger partial charge in [-0.15, -0.1) is 45.3 Å². The number of H-pyrrole nitrogens is 4. The van der Waals surface area contributed by atoms with Crippen molar-refractivity contribution >= 4 is 105 Å². The third kappa shape index (κ3) is 21.8. The molecule has 4 fully saturated rings. The fraction of sp³-hybridized carbons (Fsp3) is 0.253. The monoisotopic (exact) mass is 1810 g/mol. The highest BCUT2D eigenvalue weighted by atomic mass is 32.1. The Hall–Kier alpha value is -14.6. The third-order valence-corrected chi connectivity index (χ3v) is 24.2. The fourth-order valence-corrected chi connectivity index (χ4v) is 17.5. The molecule has 6 atom stereocenters. The van der Waals surface area contributed by atoms with E-state index in [0.29, 0.717) is 116 Å². The number of amides is 4. The minimum atomic E-state index is -0.438. The van der Waals surface area contributed by atoms with E-state index in [1.165, 1.54) is 51.4 Å². The van der Waals surface area contributed by atoms with Gasteiger partial charge >= 0.3 is 0 Å². The molecule has 4 aliphatic rings. The van der Waals surface area contributed by atoms with Crippen LogP contribution in [0, 0.1) is 5.82 Å². The summed E-state index contributed by atoms with van der Waals surface area (Å²) >= 11 is 5.49. The molecule has 45 heteroatoms. The lowest BCUT2D eigenvalue weighted by Crippen LogP contribution is -2.33. The van der Waals surface area contributed by atoms with Crippen LogP contribution in [0.2, 0.25) is 0 Å². The van der Waals surface area contributed by atoms with Crippen molar-refractivity contribution in [3.63, 3.8) is 0 Å². The van der Waals surface area contributed by atoms with Gasteiger partial charge in [-0.25, -0.2) is 24.3 Å². The zero-order valence-corrected chi connectivity index (χ0v) is 71.0. The van der Waals surface area contributed by atoms with Crippen molar-refractivity contribution in [1.29, 1.82) is 0 Å². The van der Waals surface area contributed by atoms with Gasteiger partial charge in [0.05, 0.1) is 125 Å². The Balaban J connectivity index is 0.000000128. The molecule has 13 N–H and O–H groups in total. The second-order valence-corrected chi connectivity index (χ2v) is 32.6. The molecule has 0 spiro atoms. The summed E-state index contributed by atoms with van der Waals surface area (Å²) < 4.78 is 26.3. The molecule has 16 heterocycles. The Bertz CT molecular complexity index is 5850. The lowest BCUT2D eigenvalue weighted by molar-refractivity contribution is -0.123. The Morgan fingerprint density at radius 3 is 0.961 bits per heavy atom. The Morgan fingerprint density at radius 2 is 0.719 bits per heavy atom. The number of anilines is 4. The van der Waals surface area contributed by atoms with E-state index in [2.05, 4.69) is 122 Å². The molecule has 4 amide bonds.